The SMILES string of the molecule is CC(=O)Nc1ccc(/C=C(\CCC(=O)[O-])c2nc3ccccc3s2)cc1. The van der Waals surface area contributed by atoms with Crippen LogP contribution in [0.2, 0.25) is 0 Å². The molecule has 1 amide bonds. The summed E-state index contributed by atoms with van der Waals surface area (Å²) in [5, 5.41) is 14.4. The average Bonchev–Trinajstić information content (AvgIpc) is 3.03. The van der Waals surface area contributed by atoms with E-state index < -0.39 is 5.97 Å². The molecule has 0 spiro atoms. The molecule has 5 nitrogen and oxygen atoms in total. The number of hydrogen-bond donors (Lipinski definition) is 1. The van der Waals surface area contributed by atoms with Crippen LogP contribution in [0.4, 0.5) is 5.69 Å². The summed E-state index contributed by atoms with van der Waals surface area (Å²) in [6.45, 7) is 1.46. The minimum Gasteiger partial charge on any atom is -0.550 e. The number of amides is 1. The lowest BCUT2D eigenvalue weighted by Crippen LogP contribution is -2.21. The van der Waals surface area contributed by atoms with Crippen molar-refractivity contribution in [3.8, 4) is 0 Å². The monoisotopic (exact) mass is 365 g/mol. The highest BCUT2D eigenvalue weighted by Gasteiger charge is 2.09. The van der Waals surface area contributed by atoms with Crippen molar-refractivity contribution in [1.82, 2.24) is 4.98 Å². The first-order valence-electron chi connectivity index (χ1n) is 8.15. The molecular formula is C20H17N2O3S-. The van der Waals surface area contributed by atoms with E-state index in [1.165, 1.54) is 18.3 Å². The molecule has 0 saturated heterocycles. The number of anilines is 1. The van der Waals surface area contributed by atoms with Crippen LogP contribution in [0.25, 0.3) is 21.9 Å². The molecule has 0 atom stereocenters. The first kappa shape index (κ1) is 17.8. The molecule has 6 heteroatoms. The molecule has 0 aliphatic heterocycles. The molecule has 1 heterocycles. The lowest BCUT2D eigenvalue weighted by Gasteiger charge is -2.07. The number of carbonyl (C=O) groups excluding carboxylic acids is 2. The van der Waals surface area contributed by atoms with E-state index in [1.807, 2.05) is 54.6 Å². The summed E-state index contributed by atoms with van der Waals surface area (Å²) in [6, 6.07) is 15.2. The van der Waals surface area contributed by atoms with Gasteiger partial charge in [0.2, 0.25) is 5.91 Å². The highest BCUT2D eigenvalue weighted by atomic mass is 32.1. The van der Waals surface area contributed by atoms with Gasteiger partial charge >= 0.3 is 0 Å². The minimum absolute atomic E-state index is 0.0638. The Morgan fingerprint density at radius 2 is 1.85 bits per heavy atom. The van der Waals surface area contributed by atoms with E-state index in [1.54, 1.807) is 0 Å². The summed E-state index contributed by atoms with van der Waals surface area (Å²) in [6.07, 6.45) is 2.21. The Hall–Kier alpha value is -2.99. The Bertz CT molecular complexity index is 941. The summed E-state index contributed by atoms with van der Waals surface area (Å²) in [4.78, 5) is 26.6. The molecule has 1 aromatic heterocycles. The molecular weight excluding hydrogens is 348 g/mol. The summed E-state index contributed by atoms with van der Waals surface area (Å²) in [5.74, 6) is -1.21. The third-order valence-corrected chi connectivity index (χ3v) is 4.85. The van der Waals surface area contributed by atoms with Crippen LogP contribution >= 0.6 is 11.3 Å². The number of nitrogens with zero attached hydrogens (tertiary/aromatic N) is 1. The number of carboxylic acid groups (broad SMARTS) is 1. The largest absolute Gasteiger partial charge is 0.550 e. The molecule has 26 heavy (non-hydrogen) atoms. The second-order valence-electron chi connectivity index (χ2n) is 5.83. The minimum atomic E-state index is -1.09. The van der Waals surface area contributed by atoms with Gasteiger partial charge in [0, 0.05) is 18.6 Å². The molecule has 0 radical (unpaired) electrons. The van der Waals surface area contributed by atoms with Gasteiger partial charge in [-0.1, -0.05) is 24.3 Å². The maximum absolute atomic E-state index is 11.1. The number of aromatic nitrogens is 1. The van der Waals surface area contributed by atoms with E-state index in [4.69, 9.17) is 0 Å². The molecule has 0 aliphatic rings. The van der Waals surface area contributed by atoms with Crippen molar-refractivity contribution in [2.75, 3.05) is 5.32 Å². The van der Waals surface area contributed by atoms with Crippen molar-refractivity contribution in [2.45, 2.75) is 19.8 Å². The first-order chi connectivity index (χ1) is 12.5. The summed E-state index contributed by atoms with van der Waals surface area (Å²) < 4.78 is 1.06. The number of thiazole rings is 1. The van der Waals surface area contributed by atoms with Gasteiger partial charge in [-0.25, -0.2) is 4.98 Å². The fraction of sp³-hybridized carbons (Fsp3) is 0.150. The molecule has 0 fully saturated rings. The van der Waals surface area contributed by atoms with E-state index >= 15 is 0 Å². The van der Waals surface area contributed by atoms with Crippen molar-refractivity contribution in [2.24, 2.45) is 0 Å². The lowest BCUT2D eigenvalue weighted by molar-refractivity contribution is -0.305. The topological polar surface area (TPSA) is 82.1 Å². The Morgan fingerprint density at radius 1 is 1.12 bits per heavy atom. The molecule has 0 unspecified atom stereocenters. The van der Waals surface area contributed by atoms with Gasteiger partial charge in [-0.05, 0) is 54.3 Å². The highest BCUT2D eigenvalue weighted by molar-refractivity contribution is 7.19. The second kappa shape index (κ2) is 7.93. The number of allylic oxidation sites excluding steroid dienone is 1. The molecule has 3 aromatic rings. The maximum Gasteiger partial charge on any atom is 0.221 e. The van der Waals surface area contributed by atoms with Gasteiger partial charge in [-0.3, -0.25) is 4.79 Å². The van der Waals surface area contributed by atoms with Crippen molar-refractivity contribution in [1.29, 1.82) is 0 Å². The molecule has 2 aromatic carbocycles. The third kappa shape index (κ3) is 4.55. The van der Waals surface area contributed by atoms with Crippen LogP contribution in [0.3, 0.4) is 0 Å². The van der Waals surface area contributed by atoms with Gasteiger partial charge in [-0.15, -0.1) is 11.3 Å². The van der Waals surface area contributed by atoms with Crippen molar-refractivity contribution in [3.63, 3.8) is 0 Å². The number of fused-ring (bicyclic) bond motifs is 1. The van der Waals surface area contributed by atoms with Gasteiger partial charge < -0.3 is 15.2 Å². The number of carboxylic acids is 1. The van der Waals surface area contributed by atoms with Crippen LogP contribution in [0.5, 0.6) is 0 Å². The zero-order valence-corrected chi connectivity index (χ0v) is 15.0. The number of benzene rings is 2. The predicted octanol–water partition coefficient (Wildman–Crippen LogP) is 3.33. The molecule has 3 rings (SSSR count). The quantitative estimate of drug-likeness (QED) is 0.726. The number of aliphatic carboxylic acids is 1. The predicted molar refractivity (Wildman–Crippen MR) is 102 cm³/mol. The van der Waals surface area contributed by atoms with Crippen LogP contribution < -0.4 is 10.4 Å². The number of rotatable bonds is 6. The van der Waals surface area contributed by atoms with Crippen LogP contribution in [0, 0.1) is 0 Å². The summed E-state index contributed by atoms with van der Waals surface area (Å²) >= 11 is 1.54. The van der Waals surface area contributed by atoms with Gasteiger partial charge in [0.25, 0.3) is 0 Å². The van der Waals surface area contributed by atoms with Gasteiger partial charge in [0.1, 0.15) is 5.01 Å². The standard InChI is InChI=1S/C20H18N2O3S/c1-13(23)21-16-9-6-14(7-10-16)12-15(8-11-19(24)25)20-22-17-4-2-3-5-18(17)26-20/h2-7,9-10,12H,8,11H2,1H3,(H,21,23)(H,24,25)/p-1/b15-12+. The molecule has 0 bridgehead atoms. The third-order valence-electron chi connectivity index (χ3n) is 3.74. The molecule has 132 valence electrons. The molecule has 0 aliphatic carbocycles. The second-order valence-corrected chi connectivity index (χ2v) is 6.86. The van der Waals surface area contributed by atoms with E-state index in [0.29, 0.717) is 12.1 Å². The Labute approximate surface area is 155 Å². The zero-order valence-electron chi connectivity index (χ0n) is 14.2. The van der Waals surface area contributed by atoms with Crippen LogP contribution in [-0.4, -0.2) is 16.9 Å². The number of hydrogen-bond acceptors (Lipinski definition) is 5. The Balaban J connectivity index is 1.93. The molecule has 1 N–H and O–H groups in total. The fourth-order valence-corrected chi connectivity index (χ4v) is 3.56. The lowest BCUT2D eigenvalue weighted by atomic mass is 10.1. The zero-order chi connectivity index (χ0) is 18.5. The van der Waals surface area contributed by atoms with Crippen LogP contribution in [0.1, 0.15) is 30.3 Å². The van der Waals surface area contributed by atoms with Gasteiger partial charge in [0.15, 0.2) is 0 Å². The van der Waals surface area contributed by atoms with Gasteiger partial charge in [0.05, 0.1) is 10.2 Å². The van der Waals surface area contributed by atoms with E-state index in [2.05, 4.69) is 10.3 Å². The summed E-state index contributed by atoms with van der Waals surface area (Å²) in [7, 11) is 0. The fourth-order valence-electron chi connectivity index (χ4n) is 2.55. The van der Waals surface area contributed by atoms with E-state index in [0.717, 1.165) is 26.4 Å². The highest BCUT2D eigenvalue weighted by Crippen LogP contribution is 2.31. The smallest absolute Gasteiger partial charge is 0.221 e. The number of nitrogens with one attached hydrogen (secondary N) is 1. The average molecular weight is 365 g/mol. The van der Waals surface area contributed by atoms with Crippen LogP contribution in [-0.2, 0) is 9.59 Å². The first-order valence-corrected chi connectivity index (χ1v) is 8.97. The summed E-state index contributed by atoms with van der Waals surface area (Å²) in [5.41, 5.74) is 3.37. The maximum atomic E-state index is 11.1. The van der Waals surface area contributed by atoms with E-state index in [9.17, 15) is 14.7 Å². The van der Waals surface area contributed by atoms with E-state index in [-0.39, 0.29) is 12.3 Å². The number of para-hydroxylation sites is 1. The normalized spacial score (nSPS) is 11.5. The molecule has 0 saturated carbocycles. The van der Waals surface area contributed by atoms with Gasteiger partial charge in [-0.2, -0.15) is 0 Å². The van der Waals surface area contributed by atoms with Crippen molar-refractivity contribution < 1.29 is 14.7 Å². The Kier molecular flexibility index (Phi) is 5.43. The van der Waals surface area contributed by atoms with Crippen molar-refractivity contribution in [3.05, 3.63) is 59.1 Å². The Morgan fingerprint density at radius 3 is 2.50 bits per heavy atom. The van der Waals surface area contributed by atoms with Crippen molar-refractivity contribution >= 4 is 50.8 Å². The number of carbonyl (C=O) groups is 2. The van der Waals surface area contributed by atoms with Crippen LogP contribution in [0.15, 0.2) is 48.5 Å².